The maximum Gasteiger partial charge on any atom is 0.0791 e. The summed E-state index contributed by atoms with van der Waals surface area (Å²) in [7, 11) is 1.68. The molecule has 1 aliphatic heterocycles. The van der Waals surface area contributed by atoms with Gasteiger partial charge >= 0.3 is 0 Å². The minimum atomic E-state index is -0.334. The molecule has 2 N–H and O–H groups in total. The summed E-state index contributed by atoms with van der Waals surface area (Å²) in [5, 5.41) is 13.1. The summed E-state index contributed by atoms with van der Waals surface area (Å²) in [4.78, 5) is 2.29. The highest BCUT2D eigenvalue weighted by Gasteiger charge is 2.24. The normalized spacial score (nSPS) is 28.2. The molecule has 1 fully saturated rings. The number of morpholine rings is 1. The van der Waals surface area contributed by atoms with E-state index in [0.29, 0.717) is 25.7 Å². The van der Waals surface area contributed by atoms with Crippen molar-refractivity contribution in [3.05, 3.63) is 0 Å². The zero-order valence-corrected chi connectivity index (χ0v) is 11.2. The fourth-order valence-corrected chi connectivity index (χ4v) is 2.00. The molecule has 0 aliphatic carbocycles. The Kier molecular flexibility index (Phi) is 6.99. The molecule has 1 aliphatic rings. The lowest BCUT2D eigenvalue weighted by molar-refractivity contribution is -0.0613. The molecule has 5 nitrogen and oxygen atoms in total. The van der Waals surface area contributed by atoms with E-state index in [4.69, 9.17) is 9.47 Å². The van der Waals surface area contributed by atoms with Gasteiger partial charge in [0.25, 0.3) is 0 Å². The first-order chi connectivity index (χ1) is 8.13. The van der Waals surface area contributed by atoms with E-state index < -0.39 is 0 Å². The number of β-amino-alcohol motifs (C(OH)–C–C–N with tert-alkyl or cyclic N) is 1. The van der Waals surface area contributed by atoms with E-state index in [9.17, 15) is 5.11 Å². The number of aliphatic hydroxyl groups is 1. The summed E-state index contributed by atoms with van der Waals surface area (Å²) in [5.41, 5.74) is 0. The molecule has 102 valence electrons. The maximum atomic E-state index is 9.92. The van der Waals surface area contributed by atoms with E-state index in [0.717, 1.165) is 19.7 Å². The van der Waals surface area contributed by atoms with Gasteiger partial charge in [-0.05, 0) is 13.8 Å². The average Bonchev–Trinajstić information content (AvgIpc) is 2.29. The molecule has 1 heterocycles. The predicted molar refractivity (Wildman–Crippen MR) is 67.2 cm³/mol. The molecule has 17 heavy (non-hydrogen) atoms. The molecule has 0 aromatic heterocycles. The maximum absolute atomic E-state index is 9.92. The third kappa shape index (κ3) is 5.79. The van der Waals surface area contributed by atoms with Crippen molar-refractivity contribution in [3.63, 3.8) is 0 Å². The minimum absolute atomic E-state index is 0.264. The number of hydrogen-bond donors (Lipinski definition) is 2. The Morgan fingerprint density at radius 2 is 2.29 bits per heavy atom. The summed E-state index contributed by atoms with van der Waals surface area (Å²) in [6, 6.07) is 0.389. The lowest BCUT2D eigenvalue weighted by Crippen LogP contribution is -2.51. The molecule has 3 unspecified atom stereocenters. The number of aliphatic hydroxyl groups excluding tert-OH is 1. The van der Waals surface area contributed by atoms with Crippen molar-refractivity contribution in [3.8, 4) is 0 Å². The first-order valence-corrected chi connectivity index (χ1v) is 6.36. The van der Waals surface area contributed by atoms with Gasteiger partial charge in [-0.2, -0.15) is 0 Å². The van der Waals surface area contributed by atoms with Crippen molar-refractivity contribution in [1.82, 2.24) is 10.2 Å². The Balaban J connectivity index is 2.17. The molecule has 0 radical (unpaired) electrons. The second-order valence-electron chi connectivity index (χ2n) is 4.80. The van der Waals surface area contributed by atoms with Gasteiger partial charge in [-0.15, -0.1) is 0 Å². The summed E-state index contributed by atoms with van der Waals surface area (Å²) < 4.78 is 10.5. The lowest BCUT2D eigenvalue weighted by atomic mass is 10.2. The van der Waals surface area contributed by atoms with E-state index in [1.165, 1.54) is 0 Å². The van der Waals surface area contributed by atoms with Crippen molar-refractivity contribution in [2.45, 2.75) is 32.1 Å². The van der Waals surface area contributed by atoms with Crippen LogP contribution in [0.1, 0.15) is 13.8 Å². The van der Waals surface area contributed by atoms with Crippen LogP contribution in [0.4, 0.5) is 0 Å². The standard InChI is InChI=1S/C12H26N2O3/c1-10-9-17-11(2)7-14(10)8-12(15)6-13-4-5-16-3/h10-13,15H,4-9H2,1-3H3. The minimum Gasteiger partial charge on any atom is -0.390 e. The summed E-state index contributed by atoms with van der Waals surface area (Å²) in [6.45, 7) is 8.64. The number of ether oxygens (including phenoxy) is 2. The van der Waals surface area contributed by atoms with Crippen LogP contribution in [0.2, 0.25) is 0 Å². The van der Waals surface area contributed by atoms with Crippen LogP contribution in [0, 0.1) is 0 Å². The Bertz CT molecular complexity index is 204. The Labute approximate surface area is 104 Å². The molecule has 1 saturated heterocycles. The molecule has 0 saturated carbocycles. The van der Waals surface area contributed by atoms with Gasteiger partial charge in [0.2, 0.25) is 0 Å². The molecule has 0 amide bonds. The van der Waals surface area contributed by atoms with Gasteiger partial charge in [-0.3, -0.25) is 4.90 Å². The van der Waals surface area contributed by atoms with E-state index >= 15 is 0 Å². The van der Waals surface area contributed by atoms with Gasteiger partial charge in [-0.1, -0.05) is 0 Å². The van der Waals surface area contributed by atoms with Crippen molar-refractivity contribution in [2.75, 3.05) is 46.5 Å². The number of nitrogens with one attached hydrogen (secondary N) is 1. The Hall–Kier alpha value is -0.200. The first-order valence-electron chi connectivity index (χ1n) is 6.36. The highest BCUT2D eigenvalue weighted by Crippen LogP contribution is 2.11. The van der Waals surface area contributed by atoms with Gasteiger partial charge in [0.1, 0.15) is 0 Å². The van der Waals surface area contributed by atoms with E-state index in [2.05, 4.69) is 24.1 Å². The monoisotopic (exact) mass is 246 g/mol. The quantitative estimate of drug-likeness (QED) is 0.604. The van der Waals surface area contributed by atoms with Gasteiger partial charge in [0, 0.05) is 39.3 Å². The second kappa shape index (κ2) is 8.00. The fraction of sp³-hybridized carbons (Fsp3) is 1.00. The molecule has 0 aromatic carbocycles. The largest absolute Gasteiger partial charge is 0.390 e. The third-order valence-electron chi connectivity index (χ3n) is 3.05. The van der Waals surface area contributed by atoms with E-state index in [1.54, 1.807) is 7.11 Å². The average molecular weight is 246 g/mol. The summed E-state index contributed by atoms with van der Waals surface area (Å²) in [6.07, 6.45) is -0.0699. The Morgan fingerprint density at radius 3 is 3.00 bits per heavy atom. The second-order valence-corrected chi connectivity index (χ2v) is 4.80. The third-order valence-corrected chi connectivity index (χ3v) is 3.05. The van der Waals surface area contributed by atoms with Crippen molar-refractivity contribution in [2.24, 2.45) is 0 Å². The van der Waals surface area contributed by atoms with Crippen LogP contribution in [0.15, 0.2) is 0 Å². The molecule has 5 heteroatoms. The molecule has 1 rings (SSSR count). The van der Waals surface area contributed by atoms with Crippen molar-refractivity contribution < 1.29 is 14.6 Å². The number of hydrogen-bond acceptors (Lipinski definition) is 5. The van der Waals surface area contributed by atoms with Crippen LogP contribution in [-0.2, 0) is 9.47 Å². The van der Waals surface area contributed by atoms with Crippen LogP contribution in [-0.4, -0.2) is 74.8 Å². The number of nitrogens with zero attached hydrogens (tertiary/aromatic N) is 1. The highest BCUT2D eigenvalue weighted by atomic mass is 16.5. The molecule has 3 atom stereocenters. The molecule has 0 aromatic rings. The first kappa shape index (κ1) is 14.9. The van der Waals surface area contributed by atoms with Gasteiger partial charge in [-0.25, -0.2) is 0 Å². The van der Waals surface area contributed by atoms with E-state index in [1.807, 2.05) is 0 Å². The Morgan fingerprint density at radius 1 is 1.53 bits per heavy atom. The predicted octanol–water partition coefficient (Wildman–Crippen LogP) is -0.307. The summed E-state index contributed by atoms with van der Waals surface area (Å²) >= 11 is 0. The van der Waals surface area contributed by atoms with Gasteiger partial charge in [0.05, 0.1) is 25.4 Å². The smallest absolute Gasteiger partial charge is 0.0791 e. The SMILES string of the molecule is COCCNCC(O)CN1CC(C)OCC1C. The fourth-order valence-electron chi connectivity index (χ4n) is 2.00. The van der Waals surface area contributed by atoms with Gasteiger partial charge < -0.3 is 19.9 Å². The van der Waals surface area contributed by atoms with Gasteiger partial charge in [0.15, 0.2) is 0 Å². The molecular formula is C12H26N2O3. The zero-order chi connectivity index (χ0) is 12.7. The molecule has 0 bridgehead atoms. The lowest BCUT2D eigenvalue weighted by Gasteiger charge is -2.37. The number of rotatable bonds is 7. The highest BCUT2D eigenvalue weighted by molar-refractivity contribution is 4.78. The van der Waals surface area contributed by atoms with Crippen LogP contribution in [0.5, 0.6) is 0 Å². The summed E-state index contributed by atoms with van der Waals surface area (Å²) in [5.74, 6) is 0. The van der Waals surface area contributed by atoms with Crippen molar-refractivity contribution >= 4 is 0 Å². The van der Waals surface area contributed by atoms with E-state index in [-0.39, 0.29) is 12.2 Å². The van der Waals surface area contributed by atoms with Crippen LogP contribution in [0.3, 0.4) is 0 Å². The topological polar surface area (TPSA) is 54.0 Å². The molecular weight excluding hydrogens is 220 g/mol. The number of methoxy groups -OCH3 is 1. The van der Waals surface area contributed by atoms with Crippen LogP contribution < -0.4 is 5.32 Å². The van der Waals surface area contributed by atoms with Crippen LogP contribution in [0.25, 0.3) is 0 Å². The van der Waals surface area contributed by atoms with Crippen molar-refractivity contribution in [1.29, 1.82) is 0 Å². The molecule has 0 spiro atoms. The zero-order valence-electron chi connectivity index (χ0n) is 11.2. The van der Waals surface area contributed by atoms with Crippen LogP contribution >= 0.6 is 0 Å².